The Morgan fingerprint density at radius 1 is 1.32 bits per heavy atom. The van der Waals surface area contributed by atoms with Crippen molar-refractivity contribution in [1.29, 1.82) is 0 Å². The number of carbonyl (C=O) groups excluding carboxylic acids is 1. The number of aliphatic hydroxyl groups excluding tert-OH is 2. The first-order chi connectivity index (χ1) is 8.79. The van der Waals surface area contributed by atoms with E-state index in [4.69, 9.17) is 0 Å². The van der Waals surface area contributed by atoms with Crippen LogP contribution in [0.2, 0.25) is 0 Å². The lowest BCUT2D eigenvalue weighted by Crippen LogP contribution is -2.53. The average Bonchev–Trinajstić information content (AvgIpc) is 2.85. The zero-order valence-corrected chi connectivity index (χ0v) is 12.5. The maximum absolute atomic E-state index is 12.3. The van der Waals surface area contributed by atoms with Crippen molar-refractivity contribution in [3.05, 3.63) is 10.6 Å². The second-order valence-corrected chi connectivity index (χ2v) is 6.36. The van der Waals surface area contributed by atoms with Crippen LogP contribution in [0.25, 0.3) is 0 Å². The summed E-state index contributed by atoms with van der Waals surface area (Å²) in [7, 11) is 0. The number of nitrogens with one attached hydrogen (secondary N) is 1. The predicted octanol–water partition coefficient (Wildman–Crippen LogP) is 0.699. The van der Waals surface area contributed by atoms with E-state index in [0.717, 1.165) is 11.5 Å². The molecule has 0 atom stereocenters. The Bertz CT molecular complexity index is 427. The highest BCUT2D eigenvalue weighted by Crippen LogP contribution is 2.26. The number of amides is 1. The molecule has 0 unspecified atom stereocenters. The maximum Gasteiger partial charge on any atom is 0.265 e. The van der Waals surface area contributed by atoms with Crippen LogP contribution >= 0.6 is 11.5 Å². The lowest BCUT2D eigenvalue weighted by Gasteiger charge is -2.29. The third-order valence-electron chi connectivity index (χ3n) is 3.07. The van der Waals surface area contributed by atoms with E-state index in [1.807, 2.05) is 20.8 Å². The molecule has 0 spiro atoms. The molecule has 0 saturated carbocycles. The maximum atomic E-state index is 12.3. The van der Waals surface area contributed by atoms with Crippen molar-refractivity contribution in [3.63, 3.8) is 0 Å². The molecule has 0 aliphatic heterocycles. The number of aliphatic hydroxyl groups is 2. The SMILES string of the molecule is CCC(CO)(CO)NC(=O)c1snnc1C(C)(C)C. The van der Waals surface area contributed by atoms with E-state index in [2.05, 4.69) is 14.9 Å². The number of aromatic nitrogens is 2. The summed E-state index contributed by atoms with van der Waals surface area (Å²) < 4.78 is 3.82. The average molecular weight is 287 g/mol. The van der Waals surface area contributed by atoms with Gasteiger partial charge in [0.25, 0.3) is 5.91 Å². The number of carbonyl (C=O) groups is 1. The molecule has 0 bridgehead atoms. The van der Waals surface area contributed by atoms with E-state index in [9.17, 15) is 15.0 Å². The molecule has 1 amide bonds. The molecule has 6 nitrogen and oxygen atoms in total. The predicted molar refractivity (Wildman–Crippen MR) is 73.3 cm³/mol. The minimum absolute atomic E-state index is 0.285. The molecule has 3 N–H and O–H groups in total. The first-order valence-corrected chi connectivity index (χ1v) is 6.94. The third kappa shape index (κ3) is 3.49. The first kappa shape index (κ1) is 16.0. The molecule has 0 radical (unpaired) electrons. The fraction of sp³-hybridized carbons (Fsp3) is 0.750. The van der Waals surface area contributed by atoms with Gasteiger partial charge in [0, 0.05) is 5.41 Å². The summed E-state index contributed by atoms with van der Waals surface area (Å²) in [5.41, 5.74) is -0.667. The van der Waals surface area contributed by atoms with Gasteiger partial charge in [-0.05, 0) is 18.0 Å². The largest absolute Gasteiger partial charge is 0.394 e. The van der Waals surface area contributed by atoms with Crippen LogP contribution in [0.15, 0.2) is 0 Å². The Kier molecular flexibility index (Phi) is 5.00. The van der Waals surface area contributed by atoms with Crippen molar-refractivity contribution < 1.29 is 15.0 Å². The van der Waals surface area contributed by atoms with Gasteiger partial charge in [-0.2, -0.15) is 0 Å². The van der Waals surface area contributed by atoms with Gasteiger partial charge in [-0.15, -0.1) is 5.10 Å². The van der Waals surface area contributed by atoms with E-state index < -0.39 is 5.54 Å². The van der Waals surface area contributed by atoms with Crippen molar-refractivity contribution in [3.8, 4) is 0 Å². The van der Waals surface area contributed by atoms with E-state index >= 15 is 0 Å². The normalized spacial score (nSPS) is 12.5. The molecule has 1 aromatic heterocycles. The fourth-order valence-electron chi connectivity index (χ4n) is 1.57. The van der Waals surface area contributed by atoms with Crippen LogP contribution < -0.4 is 5.32 Å². The van der Waals surface area contributed by atoms with Crippen molar-refractivity contribution in [2.75, 3.05) is 13.2 Å². The number of hydrogen-bond acceptors (Lipinski definition) is 6. The van der Waals surface area contributed by atoms with E-state index in [0.29, 0.717) is 17.0 Å². The zero-order valence-electron chi connectivity index (χ0n) is 11.7. The molecular formula is C12H21N3O3S. The van der Waals surface area contributed by atoms with Crippen molar-refractivity contribution >= 4 is 17.4 Å². The van der Waals surface area contributed by atoms with Crippen molar-refractivity contribution in [2.45, 2.75) is 45.1 Å². The molecule has 0 aliphatic carbocycles. The number of rotatable bonds is 5. The first-order valence-electron chi connectivity index (χ1n) is 6.16. The van der Waals surface area contributed by atoms with Crippen LogP contribution in [-0.4, -0.2) is 44.5 Å². The Balaban J connectivity index is 2.99. The van der Waals surface area contributed by atoms with Crippen LogP contribution in [0.3, 0.4) is 0 Å². The standard InChI is InChI=1S/C12H21N3O3S/c1-5-12(6-16,7-17)13-10(18)8-9(11(2,3)4)14-15-19-8/h16-17H,5-7H2,1-4H3,(H,13,18). The second-order valence-electron chi connectivity index (χ2n) is 5.60. The molecule has 1 rings (SSSR count). The molecule has 108 valence electrons. The van der Waals surface area contributed by atoms with E-state index in [-0.39, 0.29) is 24.5 Å². The van der Waals surface area contributed by atoms with Gasteiger partial charge in [0.2, 0.25) is 0 Å². The Morgan fingerprint density at radius 3 is 2.32 bits per heavy atom. The topological polar surface area (TPSA) is 95.3 Å². The molecular weight excluding hydrogens is 266 g/mol. The molecule has 0 aliphatic rings. The summed E-state index contributed by atoms with van der Waals surface area (Å²) in [6.07, 6.45) is 0.433. The van der Waals surface area contributed by atoms with Gasteiger partial charge in [-0.3, -0.25) is 4.79 Å². The van der Waals surface area contributed by atoms with Crippen molar-refractivity contribution in [1.82, 2.24) is 14.9 Å². The van der Waals surface area contributed by atoms with Crippen LogP contribution in [0.5, 0.6) is 0 Å². The molecule has 0 fully saturated rings. The lowest BCUT2D eigenvalue weighted by molar-refractivity contribution is 0.0654. The highest BCUT2D eigenvalue weighted by molar-refractivity contribution is 7.08. The molecule has 1 aromatic rings. The number of nitrogens with zero attached hydrogens (tertiary/aromatic N) is 2. The van der Waals surface area contributed by atoms with E-state index in [1.54, 1.807) is 6.92 Å². The summed E-state index contributed by atoms with van der Waals surface area (Å²) in [6, 6.07) is 0. The molecule has 7 heteroatoms. The van der Waals surface area contributed by atoms with Gasteiger partial charge in [0.05, 0.1) is 24.4 Å². The van der Waals surface area contributed by atoms with Crippen LogP contribution in [0.4, 0.5) is 0 Å². The van der Waals surface area contributed by atoms with Gasteiger partial charge in [-0.1, -0.05) is 32.2 Å². The molecule has 0 saturated heterocycles. The molecule has 0 aromatic carbocycles. The fourth-order valence-corrected chi connectivity index (χ4v) is 2.34. The van der Waals surface area contributed by atoms with Gasteiger partial charge in [0.15, 0.2) is 0 Å². The minimum atomic E-state index is -1.00. The van der Waals surface area contributed by atoms with Crippen LogP contribution in [-0.2, 0) is 5.41 Å². The van der Waals surface area contributed by atoms with Gasteiger partial charge < -0.3 is 15.5 Å². The quantitative estimate of drug-likeness (QED) is 0.741. The smallest absolute Gasteiger partial charge is 0.265 e. The van der Waals surface area contributed by atoms with Crippen LogP contribution in [0, 0.1) is 0 Å². The zero-order chi connectivity index (χ0) is 14.7. The minimum Gasteiger partial charge on any atom is -0.394 e. The Hall–Kier alpha value is -1.05. The monoisotopic (exact) mass is 287 g/mol. The highest BCUT2D eigenvalue weighted by Gasteiger charge is 2.32. The second kappa shape index (κ2) is 5.94. The summed E-state index contributed by atoms with van der Waals surface area (Å²) >= 11 is 1.02. The van der Waals surface area contributed by atoms with Gasteiger partial charge in [0.1, 0.15) is 4.88 Å². The summed E-state index contributed by atoms with van der Waals surface area (Å²) in [4.78, 5) is 12.7. The van der Waals surface area contributed by atoms with Gasteiger partial charge in [-0.25, -0.2) is 0 Å². The number of hydrogen-bond donors (Lipinski definition) is 3. The summed E-state index contributed by atoms with van der Waals surface area (Å²) in [6.45, 7) is 7.01. The molecule has 1 heterocycles. The Labute approximate surface area is 117 Å². The summed E-state index contributed by atoms with van der Waals surface area (Å²) in [5, 5.41) is 25.4. The van der Waals surface area contributed by atoms with E-state index in [1.165, 1.54) is 0 Å². The van der Waals surface area contributed by atoms with Gasteiger partial charge >= 0.3 is 0 Å². The van der Waals surface area contributed by atoms with Crippen molar-refractivity contribution in [2.24, 2.45) is 0 Å². The Morgan fingerprint density at radius 2 is 1.89 bits per heavy atom. The summed E-state index contributed by atoms with van der Waals surface area (Å²) in [5.74, 6) is -0.357. The highest BCUT2D eigenvalue weighted by atomic mass is 32.1. The van der Waals surface area contributed by atoms with Crippen LogP contribution in [0.1, 0.15) is 49.5 Å². The third-order valence-corrected chi connectivity index (χ3v) is 3.79. The molecule has 19 heavy (non-hydrogen) atoms. The lowest BCUT2D eigenvalue weighted by atomic mass is 9.91.